The minimum atomic E-state index is -4.80. The number of hydrogen-bond donors (Lipinski definition) is 1. The quantitative estimate of drug-likeness (QED) is 0.165. The molecule has 1 fully saturated rings. The van der Waals surface area contributed by atoms with Gasteiger partial charge >= 0.3 is 12.1 Å². The molecule has 6 rings (SSSR count). The van der Waals surface area contributed by atoms with Crippen LogP contribution in [0, 0.1) is 18.8 Å². The molecule has 0 atom stereocenters. The van der Waals surface area contributed by atoms with Gasteiger partial charge in [0.05, 0.1) is 34.4 Å². The number of aromatic carboxylic acids is 1. The van der Waals surface area contributed by atoms with Crippen LogP contribution in [0.3, 0.4) is 0 Å². The maximum Gasteiger partial charge on any atom is 0.420 e. The Bertz CT molecular complexity index is 2190. The number of carboxylic acids is 1. The van der Waals surface area contributed by atoms with E-state index in [1.54, 1.807) is 24.3 Å². The molecular weight excluding hydrogens is 679 g/mol. The Labute approximate surface area is 278 Å². The zero-order chi connectivity index (χ0) is 34.3. The number of aryl methyl sites for hydroxylation is 1. The molecule has 48 heavy (non-hydrogen) atoms. The van der Waals surface area contributed by atoms with Crippen molar-refractivity contribution in [3.05, 3.63) is 79.8 Å². The summed E-state index contributed by atoms with van der Waals surface area (Å²) in [7, 11) is 0. The maximum atomic E-state index is 14.1. The number of fused-ring (bicyclic) bond motifs is 2. The number of halogens is 6. The van der Waals surface area contributed by atoms with E-state index in [1.807, 2.05) is 0 Å². The van der Waals surface area contributed by atoms with Gasteiger partial charge in [-0.2, -0.15) is 13.2 Å². The lowest BCUT2D eigenvalue weighted by molar-refractivity contribution is -0.137. The topological polar surface area (TPSA) is 104 Å². The van der Waals surface area contributed by atoms with E-state index in [0.29, 0.717) is 31.9 Å². The highest BCUT2D eigenvalue weighted by Gasteiger charge is 2.38. The van der Waals surface area contributed by atoms with Crippen LogP contribution >= 0.6 is 22.9 Å². The van der Waals surface area contributed by atoms with Crippen LogP contribution in [0.5, 0.6) is 0 Å². The van der Waals surface area contributed by atoms with Gasteiger partial charge in [-0.1, -0.05) is 23.4 Å². The average molecular weight is 703 g/mol. The zero-order valence-electron chi connectivity index (χ0n) is 25.0. The van der Waals surface area contributed by atoms with Crippen molar-refractivity contribution < 1.29 is 31.9 Å². The van der Waals surface area contributed by atoms with E-state index in [2.05, 4.69) is 26.8 Å². The second-order valence-corrected chi connectivity index (χ2v) is 12.3. The Kier molecular flexibility index (Phi) is 9.08. The summed E-state index contributed by atoms with van der Waals surface area (Å²) in [5.41, 5.74) is -0.0714. The highest BCUT2D eigenvalue weighted by molar-refractivity contribution is 7.18. The maximum absolute atomic E-state index is 14.1. The van der Waals surface area contributed by atoms with Crippen LogP contribution < -0.4 is 10.5 Å². The van der Waals surface area contributed by atoms with Crippen LogP contribution in [0.1, 0.15) is 27.3 Å². The number of hydrogen-bond acceptors (Lipinski definition) is 8. The minimum absolute atomic E-state index is 0.0174. The largest absolute Gasteiger partial charge is 0.478 e. The number of nitrogens with zero attached hydrogens (tertiary/aromatic N) is 6. The fourth-order valence-electron chi connectivity index (χ4n) is 5.58. The number of carbonyl (C=O) groups is 1. The smallest absolute Gasteiger partial charge is 0.420 e. The SMILES string of the molecule is Cc1nc2cc(C(F)(F)F)c(N3CCN(CC(F)F)CC3)nc2c(=O)n1CC#Cc1ccc(Cl)cc1-c1ccnc2c(C(=O)O)csc12. The number of aromatic nitrogens is 4. The molecule has 0 radical (unpaired) electrons. The molecule has 0 unspecified atom stereocenters. The predicted octanol–water partition coefficient (Wildman–Crippen LogP) is 6.19. The monoisotopic (exact) mass is 702 g/mol. The summed E-state index contributed by atoms with van der Waals surface area (Å²) < 4.78 is 69.9. The molecule has 1 N–H and O–H groups in total. The Morgan fingerprint density at radius 2 is 1.83 bits per heavy atom. The third kappa shape index (κ3) is 6.55. The van der Waals surface area contributed by atoms with Crippen LogP contribution in [0.2, 0.25) is 5.02 Å². The number of benzene rings is 1. The van der Waals surface area contributed by atoms with Crippen LogP contribution in [0.4, 0.5) is 27.8 Å². The van der Waals surface area contributed by atoms with Gasteiger partial charge in [0.2, 0.25) is 0 Å². The normalized spacial score (nSPS) is 14.1. The van der Waals surface area contributed by atoms with Gasteiger partial charge in [-0.15, -0.1) is 11.3 Å². The van der Waals surface area contributed by atoms with Gasteiger partial charge in [0.15, 0.2) is 5.52 Å². The molecule has 0 amide bonds. The average Bonchev–Trinajstić information content (AvgIpc) is 3.47. The molecule has 9 nitrogen and oxygen atoms in total. The van der Waals surface area contributed by atoms with Crippen molar-refractivity contribution in [3.63, 3.8) is 0 Å². The van der Waals surface area contributed by atoms with Crippen LogP contribution in [-0.2, 0) is 12.7 Å². The lowest BCUT2D eigenvalue weighted by Gasteiger charge is -2.36. The van der Waals surface area contributed by atoms with Gasteiger partial charge in [0.25, 0.3) is 12.0 Å². The van der Waals surface area contributed by atoms with Gasteiger partial charge < -0.3 is 10.0 Å². The molecule has 16 heteroatoms. The van der Waals surface area contributed by atoms with Crippen molar-refractivity contribution >= 4 is 56.0 Å². The lowest BCUT2D eigenvalue weighted by atomic mass is 10.00. The Morgan fingerprint density at radius 3 is 2.52 bits per heavy atom. The van der Waals surface area contributed by atoms with E-state index < -0.39 is 42.1 Å². The van der Waals surface area contributed by atoms with Gasteiger partial charge in [0, 0.05) is 59.5 Å². The van der Waals surface area contributed by atoms with E-state index in [-0.39, 0.29) is 55.1 Å². The van der Waals surface area contributed by atoms with Gasteiger partial charge in [-0.3, -0.25) is 19.2 Å². The number of alkyl halides is 5. The van der Waals surface area contributed by atoms with Crippen molar-refractivity contribution in [3.8, 4) is 23.0 Å². The first kappa shape index (κ1) is 33.3. The van der Waals surface area contributed by atoms with Crippen LogP contribution in [0.15, 0.2) is 46.7 Å². The molecule has 4 aromatic heterocycles. The third-order valence-corrected chi connectivity index (χ3v) is 9.13. The summed E-state index contributed by atoms with van der Waals surface area (Å²) in [4.78, 5) is 40.7. The predicted molar refractivity (Wildman–Crippen MR) is 172 cm³/mol. The molecule has 0 saturated carbocycles. The van der Waals surface area contributed by atoms with Gasteiger partial charge in [-0.05, 0) is 37.3 Å². The van der Waals surface area contributed by atoms with Crippen LogP contribution in [-0.4, -0.2) is 74.6 Å². The standard InChI is InChI=1S/C32H24ClF5N6O3S/c1-17-40-24-14-23(32(36,37)38)29(43-11-9-42(10-12-43)15-25(34)35)41-27(24)30(45)44(17)8-2-3-18-4-5-19(33)13-21(18)20-6-7-39-26-22(31(46)47)16-48-28(20)26/h4-7,13-14,16,25H,8-12,15H2,1H3,(H,46,47). The molecule has 1 aliphatic rings. The highest BCUT2D eigenvalue weighted by atomic mass is 35.5. The van der Waals surface area contributed by atoms with Crippen molar-refractivity contribution in [2.24, 2.45) is 0 Å². The molecule has 0 bridgehead atoms. The molecule has 248 valence electrons. The van der Waals surface area contributed by atoms with E-state index >= 15 is 0 Å². The second-order valence-electron chi connectivity index (χ2n) is 10.9. The summed E-state index contributed by atoms with van der Waals surface area (Å²) >= 11 is 7.53. The molecular formula is C32H24ClF5N6O3S. The lowest BCUT2D eigenvalue weighted by Crippen LogP contribution is -2.48. The Morgan fingerprint density at radius 1 is 1.08 bits per heavy atom. The van der Waals surface area contributed by atoms with Crippen molar-refractivity contribution in [1.82, 2.24) is 24.4 Å². The molecule has 1 aromatic carbocycles. The van der Waals surface area contributed by atoms with Crippen molar-refractivity contribution in [2.75, 3.05) is 37.6 Å². The van der Waals surface area contributed by atoms with Gasteiger partial charge in [-0.25, -0.2) is 23.5 Å². The fourth-order valence-corrected chi connectivity index (χ4v) is 6.78. The molecule has 1 saturated heterocycles. The first-order valence-electron chi connectivity index (χ1n) is 14.4. The van der Waals surface area contributed by atoms with Crippen molar-refractivity contribution in [2.45, 2.75) is 26.1 Å². The first-order valence-corrected chi connectivity index (χ1v) is 15.7. The van der Waals surface area contributed by atoms with Gasteiger partial charge in [0.1, 0.15) is 17.2 Å². The third-order valence-electron chi connectivity index (χ3n) is 7.89. The van der Waals surface area contributed by atoms with E-state index in [1.165, 1.54) is 44.2 Å². The number of carboxylic acid groups (broad SMARTS) is 1. The number of thiophene rings is 1. The summed E-state index contributed by atoms with van der Waals surface area (Å²) in [5, 5.41) is 11.5. The number of anilines is 1. The zero-order valence-corrected chi connectivity index (χ0v) is 26.6. The first-order chi connectivity index (χ1) is 22.8. The van der Waals surface area contributed by atoms with Crippen molar-refractivity contribution in [1.29, 1.82) is 0 Å². The number of pyridine rings is 2. The fraction of sp³-hybridized carbons (Fsp3) is 0.281. The summed E-state index contributed by atoms with van der Waals surface area (Å²) in [6.45, 7) is 1.08. The minimum Gasteiger partial charge on any atom is -0.478 e. The summed E-state index contributed by atoms with van der Waals surface area (Å²) in [5.74, 6) is 4.53. The van der Waals surface area contributed by atoms with Crippen LogP contribution in [0.25, 0.3) is 32.4 Å². The van der Waals surface area contributed by atoms with E-state index in [0.717, 1.165) is 6.07 Å². The molecule has 0 aliphatic carbocycles. The van der Waals surface area contributed by atoms with E-state index in [4.69, 9.17) is 11.6 Å². The number of piperazine rings is 1. The highest BCUT2D eigenvalue weighted by Crippen LogP contribution is 2.38. The van der Waals surface area contributed by atoms with E-state index in [9.17, 15) is 36.6 Å². The Hall–Kier alpha value is -4.65. The summed E-state index contributed by atoms with van der Waals surface area (Å²) in [6, 6.07) is 7.53. The molecule has 0 spiro atoms. The summed E-state index contributed by atoms with van der Waals surface area (Å²) in [6.07, 6.45) is -5.88. The molecule has 5 heterocycles. The number of rotatable bonds is 6. The molecule has 5 aromatic rings. The molecule has 1 aliphatic heterocycles. The second kappa shape index (κ2) is 13.1. The Balaban J connectivity index is 1.36.